The number of nitrogens with one attached hydrogen (secondary N) is 1. The number of ether oxygens (including phenoxy) is 2. The van der Waals surface area contributed by atoms with Crippen LogP contribution in [0.3, 0.4) is 0 Å². The molecule has 2 fully saturated rings. The summed E-state index contributed by atoms with van der Waals surface area (Å²) in [5.74, 6) is -0.375. The van der Waals surface area contributed by atoms with Crippen LogP contribution in [0.5, 0.6) is 0 Å². The first-order valence-corrected chi connectivity index (χ1v) is 7.63. The predicted molar refractivity (Wildman–Crippen MR) is 79.1 cm³/mol. The third-order valence-electron chi connectivity index (χ3n) is 3.95. The van der Waals surface area contributed by atoms with E-state index in [-0.39, 0.29) is 16.4 Å². The highest BCUT2D eigenvalue weighted by Gasteiger charge is 2.37. The van der Waals surface area contributed by atoms with Gasteiger partial charge in [0.15, 0.2) is 0 Å². The van der Waals surface area contributed by atoms with E-state index in [9.17, 15) is 4.39 Å². The Kier molecular flexibility index (Phi) is 4.76. The first kappa shape index (κ1) is 15.2. The lowest BCUT2D eigenvalue weighted by Crippen LogP contribution is -2.57. The molecule has 1 aromatic rings. The van der Waals surface area contributed by atoms with Gasteiger partial charge in [-0.25, -0.2) is 4.39 Å². The van der Waals surface area contributed by atoms with Crippen molar-refractivity contribution in [3.05, 3.63) is 34.6 Å². The van der Waals surface area contributed by atoms with Crippen LogP contribution in [0.2, 0.25) is 5.02 Å². The third-order valence-corrected chi connectivity index (χ3v) is 4.24. The first-order chi connectivity index (χ1) is 10.2. The van der Waals surface area contributed by atoms with Crippen molar-refractivity contribution in [1.29, 1.82) is 0 Å². The van der Waals surface area contributed by atoms with Crippen molar-refractivity contribution < 1.29 is 13.9 Å². The van der Waals surface area contributed by atoms with Crippen molar-refractivity contribution in [3.8, 4) is 0 Å². The number of benzene rings is 1. The maximum atomic E-state index is 13.2. The Morgan fingerprint density at radius 1 is 1.38 bits per heavy atom. The summed E-state index contributed by atoms with van der Waals surface area (Å²) in [4.78, 5) is 2.31. The lowest BCUT2D eigenvalue weighted by molar-refractivity contribution is -0.135. The van der Waals surface area contributed by atoms with E-state index in [1.54, 1.807) is 12.1 Å². The summed E-state index contributed by atoms with van der Waals surface area (Å²) in [5.41, 5.74) is 0.736. The summed E-state index contributed by atoms with van der Waals surface area (Å²) in [6, 6.07) is 4.90. The van der Waals surface area contributed by atoms with Gasteiger partial charge in [-0.3, -0.25) is 4.90 Å². The highest BCUT2D eigenvalue weighted by atomic mass is 35.5. The van der Waals surface area contributed by atoms with E-state index in [0.29, 0.717) is 13.2 Å². The van der Waals surface area contributed by atoms with Crippen LogP contribution in [-0.2, 0) is 16.0 Å². The van der Waals surface area contributed by atoms with Gasteiger partial charge in [-0.05, 0) is 17.7 Å². The van der Waals surface area contributed by atoms with Gasteiger partial charge in [0.25, 0.3) is 0 Å². The molecule has 6 heteroatoms. The smallest absolute Gasteiger partial charge is 0.141 e. The zero-order valence-electron chi connectivity index (χ0n) is 11.9. The number of hydrogen-bond donors (Lipinski definition) is 1. The average Bonchev–Trinajstić information content (AvgIpc) is 2.69. The van der Waals surface area contributed by atoms with Crippen LogP contribution < -0.4 is 5.32 Å². The van der Waals surface area contributed by atoms with Crippen LogP contribution in [0.15, 0.2) is 18.2 Å². The van der Waals surface area contributed by atoms with Crippen molar-refractivity contribution in [2.24, 2.45) is 0 Å². The van der Waals surface area contributed by atoms with Gasteiger partial charge in [-0.2, -0.15) is 0 Å². The van der Waals surface area contributed by atoms with E-state index in [1.165, 1.54) is 6.07 Å². The number of halogens is 2. The van der Waals surface area contributed by atoms with Crippen molar-refractivity contribution >= 4 is 11.6 Å². The summed E-state index contributed by atoms with van der Waals surface area (Å²) in [5, 5.41) is 3.54. The van der Waals surface area contributed by atoms with Gasteiger partial charge in [0.1, 0.15) is 11.4 Å². The molecule has 0 radical (unpaired) electrons. The lowest BCUT2D eigenvalue weighted by atomic mass is 10.0. The molecule has 0 bridgehead atoms. The second-order valence-corrected chi connectivity index (χ2v) is 6.13. The second kappa shape index (κ2) is 6.58. The van der Waals surface area contributed by atoms with Crippen LogP contribution in [0.1, 0.15) is 5.56 Å². The Labute approximate surface area is 129 Å². The van der Waals surface area contributed by atoms with Crippen LogP contribution in [0, 0.1) is 5.82 Å². The molecule has 0 amide bonds. The van der Waals surface area contributed by atoms with E-state index in [1.807, 2.05) is 0 Å². The molecular formula is C15H20ClFN2O2. The number of rotatable bonds is 2. The third kappa shape index (κ3) is 3.73. The van der Waals surface area contributed by atoms with E-state index in [4.69, 9.17) is 21.1 Å². The fourth-order valence-corrected chi connectivity index (χ4v) is 3.12. The van der Waals surface area contributed by atoms with Gasteiger partial charge < -0.3 is 14.8 Å². The van der Waals surface area contributed by atoms with E-state index in [2.05, 4.69) is 10.2 Å². The predicted octanol–water partition coefficient (Wildman–Crippen LogP) is 1.67. The van der Waals surface area contributed by atoms with Gasteiger partial charge >= 0.3 is 0 Å². The summed E-state index contributed by atoms with van der Waals surface area (Å²) in [6.45, 7) is 6.07. The lowest BCUT2D eigenvalue weighted by Gasteiger charge is -2.41. The number of morpholine rings is 1. The largest absolute Gasteiger partial charge is 0.377 e. The standard InChI is InChI=1S/C15H20ClFN2O2/c16-13-7-12(1-2-14(13)17)8-19-4-6-21-15(10-19)9-18-3-5-20-11-15/h1-2,7,18H,3-6,8-11H2. The van der Waals surface area contributed by atoms with Gasteiger partial charge in [0.2, 0.25) is 0 Å². The SMILES string of the molecule is Fc1ccc(CN2CCOC3(CNCCOC3)C2)cc1Cl. The maximum absolute atomic E-state index is 13.2. The summed E-state index contributed by atoms with van der Waals surface area (Å²) in [7, 11) is 0. The van der Waals surface area contributed by atoms with Crippen LogP contribution >= 0.6 is 11.6 Å². The minimum Gasteiger partial charge on any atom is -0.377 e. The quantitative estimate of drug-likeness (QED) is 0.900. The molecule has 1 aromatic carbocycles. The number of hydrogen-bond acceptors (Lipinski definition) is 4. The Hall–Kier alpha value is -0.720. The molecule has 2 aliphatic rings. The fourth-order valence-electron chi connectivity index (χ4n) is 2.92. The van der Waals surface area contributed by atoms with Crippen molar-refractivity contribution in [3.63, 3.8) is 0 Å². The minimum atomic E-state index is -0.375. The molecule has 2 saturated heterocycles. The zero-order chi connectivity index (χ0) is 14.7. The molecule has 1 unspecified atom stereocenters. The molecule has 2 heterocycles. The molecule has 21 heavy (non-hydrogen) atoms. The summed E-state index contributed by atoms with van der Waals surface area (Å²) in [6.07, 6.45) is 0. The second-order valence-electron chi connectivity index (χ2n) is 5.72. The van der Waals surface area contributed by atoms with E-state index in [0.717, 1.165) is 44.9 Å². The Morgan fingerprint density at radius 3 is 3.14 bits per heavy atom. The van der Waals surface area contributed by atoms with Gasteiger partial charge in [-0.1, -0.05) is 17.7 Å². The monoisotopic (exact) mass is 314 g/mol. The minimum absolute atomic E-state index is 0.176. The Balaban J connectivity index is 1.66. The van der Waals surface area contributed by atoms with Crippen LogP contribution in [-0.4, -0.2) is 56.5 Å². The van der Waals surface area contributed by atoms with Crippen molar-refractivity contribution in [1.82, 2.24) is 10.2 Å². The summed E-state index contributed by atoms with van der Waals surface area (Å²) >= 11 is 5.85. The molecule has 1 N–H and O–H groups in total. The van der Waals surface area contributed by atoms with Crippen molar-refractivity contribution in [2.45, 2.75) is 12.1 Å². The van der Waals surface area contributed by atoms with Gasteiger partial charge in [0, 0.05) is 32.7 Å². The highest BCUT2D eigenvalue weighted by molar-refractivity contribution is 6.30. The molecule has 116 valence electrons. The summed E-state index contributed by atoms with van der Waals surface area (Å²) < 4.78 is 24.8. The molecule has 1 spiro atoms. The van der Waals surface area contributed by atoms with Crippen LogP contribution in [0.4, 0.5) is 4.39 Å². The molecule has 3 rings (SSSR count). The molecule has 0 aliphatic carbocycles. The normalized spacial score (nSPS) is 27.7. The van der Waals surface area contributed by atoms with E-state index < -0.39 is 0 Å². The highest BCUT2D eigenvalue weighted by Crippen LogP contribution is 2.23. The molecule has 0 aromatic heterocycles. The van der Waals surface area contributed by atoms with Crippen molar-refractivity contribution in [2.75, 3.05) is 46.0 Å². The molecule has 4 nitrogen and oxygen atoms in total. The van der Waals surface area contributed by atoms with Crippen LogP contribution in [0.25, 0.3) is 0 Å². The average molecular weight is 315 g/mol. The molecular weight excluding hydrogens is 295 g/mol. The fraction of sp³-hybridized carbons (Fsp3) is 0.600. The first-order valence-electron chi connectivity index (χ1n) is 7.26. The van der Waals surface area contributed by atoms with E-state index >= 15 is 0 Å². The maximum Gasteiger partial charge on any atom is 0.141 e. The Morgan fingerprint density at radius 2 is 2.29 bits per heavy atom. The Bertz CT molecular complexity index is 493. The van der Waals surface area contributed by atoms with Gasteiger partial charge in [-0.15, -0.1) is 0 Å². The number of nitrogens with zero attached hydrogens (tertiary/aromatic N) is 1. The molecule has 1 atom stereocenters. The molecule has 2 aliphatic heterocycles. The van der Waals surface area contributed by atoms with Gasteiger partial charge in [0.05, 0.1) is 24.8 Å². The topological polar surface area (TPSA) is 33.7 Å². The molecule has 0 saturated carbocycles. The zero-order valence-corrected chi connectivity index (χ0v) is 12.7.